The van der Waals surface area contributed by atoms with Gasteiger partial charge >= 0.3 is 0 Å². The number of anilines is 1. The molecule has 1 aromatic rings. The molecule has 0 aliphatic carbocycles. The lowest BCUT2D eigenvalue weighted by Gasteiger charge is -2.33. The number of rotatable bonds is 2. The first-order valence-electron chi connectivity index (χ1n) is 5.19. The van der Waals surface area contributed by atoms with E-state index in [1.807, 2.05) is 13.1 Å². The molecule has 1 aliphatic heterocycles. The van der Waals surface area contributed by atoms with E-state index in [1.54, 1.807) is 0 Å². The van der Waals surface area contributed by atoms with E-state index in [0.29, 0.717) is 11.2 Å². The van der Waals surface area contributed by atoms with Crippen LogP contribution < -0.4 is 10.2 Å². The molecule has 0 unspecified atom stereocenters. The maximum absolute atomic E-state index is 5.84. The standard InChI is InChI=1S/C10H15ClN4/c1-12-8-3-2-4-15(6-8)10-5-9(11)13-7-14-10/h5,7-8,12H,2-4,6H2,1H3/t8-/m1/s1. The first kappa shape index (κ1) is 10.6. The van der Waals surface area contributed by atoms with Crippen molar-refractivity contribution in [2.24, 2.45) is 0 Å². The smallest absolute Gasteiger partial charge is 0.134 e. The third kappa shape index (κ3) is 2.58. The number of halogens is 1. The van der Waals surface area contributed by atoms with Gasteiger partial charge in [-0.1, -0.05) is 11.6 Å². The second kappa shape index (κ2) is 4.77. The van der Waals surface area contributed by atoms with Crippen LogP contribution in [0.3, 0.4) is 0 Å². The van der Waals surface area contributed by atoms with Crippen molar-refractivity contribution in [2.75, 3.05) is 25.0 Å². The van der Waals surface area contributed by atoms with Crippen LogP contribution in [0.5, 0.6) is 0 Å². The fraction of sp³-hybridized carbons (Fsp3) is 0.600. The van der Waals surface area contributed by atoms with E-state index in [1.165, 1.54) is 19.2 Å². The van der Waals surface area contributed by atoms with E-state index in [2.05, 4.69) is 20.2 Å². The SMILES string of the molecule is CN[C@@H]1CCCN(c2cc(Cl)ncn2)C1. The summed E-state index contributed by atoms with van der Waals surface area (Å²) in [6.45, 7) is 2.04. The van der Waals surface area contributed by atoms with Crippen molar-refractivity contribution in [3.8, 4) is 0 Å². The first-order chi connectivity index (χ1) is 7.29. The second-order valence-electron chi connectivity index (χ2n) is 3.77. The predicted octanol–water partition coefficient (Wildman–Crippen LogP) is 1.32. The molecule has 0 saturated carbocycles. The van der Waals surface area contributed by atoms with Crippen LogP contribution in [0.2, 0.25) is 5.15 Å². The van der Waals surface area contributed by atoms with E-state index >= 15 is 0 Å². The molecule has 0 bridgehead atoms. The van der Waals surface area contributed by atoms with Gasteiger partial charge in [-0.05, 0) is 19.9 Å². The molecule has 0 spiro atoms. The van der Waals surface area contributed by atoms with Gasteiger partial charge in [0.05, 0.1) is 0 Å². The molecule has 2 rings (SSSR count). The molecule has 1 aliphatic rings. The summed E-state index contributed by atoms with van der Waals surface area (Å²) in [6, 6.07) is 2.37. The molecule has 0 radical (unpaired) electrons. The number of hydrogen-bond donors (Lipinski definition) is 1. The van der Waals surface area contributed by atoms with Crippen molar-refractivity contribution in [1.82, 2.24) is 15.3 Å². The van der Waals surface area contributed by atoms with Crippen LogP contribution in [0.25, 0.3) is 0 Å². The fourth-order valence-electron chi connectivity index (χ4n) is 1.92. The van der Waals surface area contributed by atoms with E-state index in [9.17, 15) is 0 Å². The summed E-state index contributed by atoms with van der Waals surface area (Å²) in [6.07, 6.45) is 3.93. The normalized spacial score (nSPS) is 21.7. The zero-order valence-corrected chi connectivity index (χ0v) is 9.54. The molecule has 0 aromatic carbocycles. The molecule has 2 heterocycles. The third-order valence-corrected chi connectivity index (χ3v) is 2.98. The summed E-state index contributed by atoms with van der Waals surface area (Å²) < 4.78 is 0. The molecule has 1 aromatic heterocycles. The minimum absolute atomic E-state index is 0.506. The van der Waals surface area contributed by atoms with E-state index < -0.39 is 0 Å². The van der Waals surface area contributed by atoms with Gasteiger partial charge in [0.25, 0.3) is 0 Å². The highest BCUT2D eigenvalue weighted by Gasteiger charge is 2.19. The van der Waals surface area contributed by atoms with Crippen molar-refractivity contribution >= 4 is 17.4 Å². The average Bonchev–Trinajstić information content (AvgIpc) is 2.29. The van der Waals surface area contributed by atoms with Gasteiger partial charge in [0.15, 0.2) is 0 Å². The maximum Gasteiger partial charge on any atom is 0.134 e. The minimum atomic E-state index is 0.506. The summed E-state index contributed by atoms with van der Waals surface area (Å²) >= 11 is 5.84. The Bertz CT molecular complexity index is 331. The summed E-state index contributed by atoms with van der Waals surface area (Å²) in [5, 5.41) is 3.81. The predicted molar refractivity (Wildman–Crippen MR) is 61.3 cm³/mol. The van der Waals surface area contributed by atoms with Gasteiger partial charge in [0, 0.05) is 25.2 Å². The lowest BCUT2D eigenvalue weighted by molar-refractivity contribution is 0.447. The van der Waals surface area contributed by atoms with Crippen LogP contribution in [-0.2, 0) is 0 Å². The van der Waals surface area contributed by atoms with Crippen molar-refractivity contribution in [3.05, 3.63) is 17.5 Å². The van der Waals surface area contributed by atoms with Gasteiger partial charge in [-0.15, -0.1) is 0 Å². The Hall–Kier alpha value is -0.870. The Labute approximate surface area is 94.7 Å². The number of nitrogens with one attached hydrogen (secondary N) is 1. The largest absolute Gasteiger partial charge is 0.355 e. The molecule has 0 amide bonds. The lowest BCUT2D eigenvalue weighted by Crippen LogP contribution is -2.44. The highest BCUT2D eigenvalue weighted by Crippen LogP contribution is 2.19. The van der Waals surface area contributed by atoms with Crippen molar-refractivity contribution < 1.29 is 0 Å². The molecule has 15 heavy (non-hydrogen) atoms. The van der Waals surface area contributed by atoms with Crippen LogP contribution in [0.4, 0.5) is 5.82 Å². The molecule has 82 valence electrons. The first-order valence-corrected chi connectivity index (χ1v) is 5.57. The highest BCUT2D eigenvalue weighted by molar-refractivity contribution is 6.29. The summed E-state index contributed by atoms with van der Waals surface area (Å²) in [4.78, 5) is 10.4. The van der Waals surface area contributed by atoms with Crippen molar-refractivity contribution in [1.29, 1.82) is 0 Å². The maximum atomic E-state index is 5.84. The topological polar surface area (TPSA) is 41.0 Å². The Morgan fingerprint density at radius 3 is 3.13 bits per heavy atom. The third-order valence-electron chi connectivity index (χ3n) is 2.77. The summed E-state index contributed by atoms with van der Waals surface area (Å²) in [5.41, 5.74) is 0. The molecule has 4 nitrogen and oxygen atoms in total. The zero-order valence-electron chi connectivity index (χ0n) is 8.78. The molecule has 1 atom stereocenters. The second-order valence-corrected chi connectivity index (χ2v) is 4.16. The van der Waals surface area contributed by atoms with E-state index in [-0.39, 0.29) is 0 Å². The van der Waals surface area contributed by atoms with Crippen LogP contribution in [0, 0.1) is 0 Å². The van der Waals surface area contributed by atoms with E-state index in [4.69, 9.17) is 11.6 Å². The Morgan fingerprint density at radius 1 is 1.53 bits per heavy atom. The Kier molecular flexibility index (Phi) is 3.38. The van der Waals surface area contributed by atoms with Crippen molar-refractivity contribution in [3.63, 3.8) is 0 Å². The number of hydrogen-bond acceptors (Lipinski definition) is 4. The number of nitrogens with zero attached hydrogens (tertiary/aromatic N) is 3. The van der Waals surface area contributed by atoms with Gasteiger partial charge in [-0.2, -0.15) is 0 Å². The Morgan fingerprint density at radius 2 is 2.40 bits per heavy atom. The summed E-state index contributed by atoms with van der Waals surface area (Å²) in [7, 11) is 2.00. The molecule has 1 N–H and O–H groups in total. The number of piperidine rings is 1. The Balaban J connectivity index is 2.09. The molecular formula is C10H15ClN4. The van der Waals surface area contributed by atoms with Gasteiger partial charge in [-0.3, -0.25) is 0 Å². The van der Waals surface area contributed by atoms with Gasteiger partial charge < -0.3 is 10.2 Å². The monoisotopic (exact) mass is 226 g/mol. The molecule has 1 saturated heterocycles. The van der Waals surface area contributed by atoms with Gasteiger partial charge in [0.2, 0.25) is 0 Å². The van der Waals surface area contributed by atoms with Crippen LogP contribution in [-0.4, -0.2) is 36.1 Å². The van der Waals surface area contributed by atoms with Crippen LogP contribution in [0.15, 0.2) is 12.4 Å². The molecule has 1 fully saturated rings. The lowest BCUT2D eigenvalue weighted by atomic mass is 10.1. The van der Waals surface area contributed by atoms with Crippen LogP contribution >= 0.6 is 11.6 Å². The molecule has 5 heteroatoms. The van der Waals surface area contributed by atoms with Gasteiger partial charge in [-0.25, -0.2) is 9.97 Å². The number of aromatic nitrogens is 2. The van der Waals surface area contributed by atoms with E-state index in [0.717, 1.165) is 18.9 Å². The average molecular weight is 227 g/mol. The quantitative estimate of drug-likeness (QED) is 0.773. The minimum Gasteiger partial charge on any atom is -0.355 e. The molecular weight excluding hydrogens is 212 g/mol. The zero-order chi connectivity index (χ0) is 10.7. The van der Waals surface area contributed by atoms with Crippen molar-refractivity contribution in [2.45, 2.75) is 18.9 Å². The van der Waals surface area contributed by atoms with Crippen LogP contribution in [0.1, 0.15) is 12.8 Å². The fourth-order valence-corrected chi connectivity index (χ4v) is 2.06. The highest BCUT2D eigenvalue weighted by atomic mass is 35.5. The van der Waals surface area contributed by atoms with Gasteiger partial charge in [0.1, 0.15) is 17.3 Å². The summed E-state index contributed by atoms with van der Waals surface area (Å²) in [5.74, 6) is 0.926. The number of likely N-dealkylation sites (N-methyl/N-ethyl adjacent to an activating group) is 1.